The highest BCUT2D eigenvalue weighted by atomic mass is 16.1. The quantitative estimate of drug-likeness (QED) is 0.568. The largest absolute Gasteiger partial charge is 0.369 e. The van der Waals surface area contributed by atoms with E-state index in [4.69, 9.17) is 0 Å². The minimum atomic E-state index is -0.0112. The second kappa shape index (κ2) is 7.57. The van der Waals surface area contributed by atoms with Crippen molar-refractivity contribution in [1.29, 1.82) is 0 Å². The normalized spacial score (nSPS) is 15.3. The fourth-order valence-corrected chi connectivity index (χ4v) is 4.27. The number of hydrogen-bond donors (Lipinski definition) is 1. The maximum absolute atomic E-state index is 12.1. The van der Waals surface area contributed by atoms with E-state index in [0.717, 1.165) is 60.4 Å². The maximum atomic E-state index is 12.1. The number of fused-ring (bicyclic) bond motifs is 2. The zero-order valence-electron chi connectivity index (χ0n) is 17.4. The maximum Gasteiger partial charge on any atom is 0.251 e. The van der Waals surface area contributed by atoms with E-state index in [9.17, 15) is 4.79 Å². The summed E-state index contributed by atoms with van der Waals surface area (Å²) in [5.41, 5.74) is 5.99. The minimum Gasteiger partial charge on any atom is -0.369 e. The third kappa shape index (κ3) is 3.45. The molecule has 0 saturated carbocycles. The molecule has 0 atom stereocenters. The fourth-order valence-electron chi connectivity index (χ4n) is 4.27. The monoisotopic (exact) mass is 402 g/mol. The molecule has 4 aromatic rings. The van der Waals surface area contributed by atoms with Crippen molar-refractivity contribution in [1.82, 2.24) is 24.6 Å². The van der Waals surface area contributed by atoms with Crippen LogP contribution < -0.4 is 10.5 Å². The summed E-state index contributed by atoms with van der Waals surface area (Å²) < 4.78 is 1.93. The Balaban J connectivity index is 1.27. The SMILES string of the molecule is CCc1cc2ncc(CN3CCN(c4ccc5cnn(C)c5c4)CC3)cc2[nH]c1=O. The van der Waals surface area contributed by atoms with E-state index in [0.29, 0.717) is 6.42 Å². The van der Waals surface area contributed by atoms with Crippen LogP contribution >= 0.6 is 0 Å². The topological polar surface area (TPSA) is 70.1 Å². The van der Waals surface area contributed by atoms with Crippen LogP contribution in [0, 0.1) is 0 Å². The molecule has 0 unspecified atom stereocenters. The van der Waals surface area contributed by atoms with E-state index in [1.807, 2.05) is 37.1 Å². The number of anilines is 1. The van der Waals surface area contributed by atoms with Gasteiger partial charge in [0.1, 0.15) is 0 Å². The van der Waals surface area contributed by atoms with Gasteiger partial charge in [-0.1, -0.05) is 6.92 Å². The van der Waals surface area contributed by atoms with Gasteiger partial charge in [-0.3, -0.25) is 19.4 Å². The molecule has 0 radical (unpaired) electrons. The molecular formula is C23H26N6O. The van der Waals surface area contributed by atoms with Gasteiger partial charge in [-0.25, -0.2) is 0 Å². The Morgan fingerprint density at radius 1 is 1.07 bits per heavy atom. The predicted octanol–water partition coefficient (Wildman–Crippen LogP) is 2.69. The number of pyridine rings is 2. The van der Waals surface area contributed by atoms with Gasteiger partial charge in [0.2, 0.25) is 0 Å². The van der Waals surface area contributed by atoms with Gasteiger partial charge in [-0.2, -0.15) is 5.10 Å². The summed E-state index contributed by atoms with van der Waals surface area (Å²) in [4.78, 5) is 24.6. The lowest BCUT2D eigenvalue weighted by molar-refractivity contribution is 0.250. The Hall–Kier alpha value is -3.19. The van der Waals surface area contributed by atoms with Crippen LogP contribution in [0.4, 0.5) is 5.69 Å². The van der Waals surface area contributed by atoms with Crippen molar-refractivity contribution in [2.45, 2.75) is 19.9 Å². The molecule has 1 aliphatic heterocycles. The van der Waals surface area contributed by atoms with Gasteiger partial charge in [-0.15, -0.1) is 0 Å². The number of aromatic amines is 1. The van der Waals surface area contributed by atoms with Crippen LogP contribution in [0.25, 0.3) is 21.9 Å². The van der Waals surface area contributed by atoms with Gasteiger partial charge in [0.25, 0.3) is 5.56 Å². The summed E-state index contributed by atoms with van der Waals surface area (Å²) in [5.74, 6) is 0. The summed E-state index contributed by atoms with van der Waals surface area (Å²) in [6, 6.07) is 10.5. The third-order valence-electron chi connectivity index (χ3n) is 6.08. The summed E-state index contributed by atoms with van der Waals surface area (Å²) in [6.07, 6.45) is 4.56. The third-order valence-corrected chi connectivity index (χ3v) is 6.08. The van der Waals surface area contributed by atoms with Crippen LogP contribution in [-0.4, -0.2) is 50.8 Å². The zero-order valence-corrected chi connectivity index (χ0v) is 17.4. The summed E-state index contributed by atoms with van der Waals surface area (Å²) in [5, 5.41) is 5.51. The number of benzene rings is 1. The van der Waals surface area contributed by atoms with Crippen molar-refractivity contribution in [3.63, 3.8) is 0 Å². The number of H-pyrrole nitrogens is 1. The molecule has 0 bridgehead atoms. The first kappa shape index (κ1) is 18.8. The second-order valence-corrected chi connectivity index (χ2v) is 8.03. The first-order valence-corrected chi connectivity index (χ1v) is 10.5. The highest BCUT2D eigenvalue weighted by Gasteiger charge is 2.18. The Bertz CT molecular complexity index is 1270. The van der Waals surface area contributed by atoms with Crippen LogP contribution in [0.3, 0.4) is 0 Å². The van der Waals surface area contributed by atoms with E-state index < -0.39 is 0 Å². The van der Waals surface area contributed by atoms with Crippen LogP contribution in [0.1, 0.15) is 18.1 Å². The summed E-state index contributed by atoms with van der Waals surface area (Å²) in [6.45, 7) is 6.79. The van der Waals surface area contributed by atoms with Gasteiger partial charge >= 0.3 is 0 Å². The molecule has 7 nitrogen and oxygen atoms in total. The number of aromatic nitrogens is 4. The highest BCUT2D eigenvalue weighted by molar-refractivity contribution is 5.82. The number of nitrogens with one attached hydrogen (secondary N) is 1. The lowest BCUT2D eigenvalue weighted by atomic mass is 10.1. The van der Waals surface area contributed by atoms with Crippen LogP contribution in [0.5, 0.6) is 0 Å². The molecule has 0 spiro atoms. The molecule has 4 heterocycles. The smallest absolute Gasteiger partial charge is 0.251 e. The molecule has 1 saturated heterocycles. The summed E-state index contributed by atoms with van der Waals surface area (Å²) in [7, 11) is 1.98. The molecule has 30 heavy (non-hydrogen) atoms. The number of piperazine rings is 1. The first-order valence-electron chi connectivity index (χ1n) is 10.5. The standard InChI is InChI=1S/C23H26N6O/c1-3-17-11-20-21(26-23(17)30)10-16(13-24-20)15-28-6-8-29(9-7-28)19-5-4-18-14-25-27(2)22(18)12-19/h4-5,10-14H,3,6-9,15H2,1-2H3,(H,26,30). The summed E-state index contributed by atoms with van der Waals surface area (Å²) >= 11 is 0. The van der Waals surface area contributed by atoms with Crippen LogP contribution in [0.15, 0.2) is 47.5 Å². The number of nitrogens with zero attached hydrogens (tertiary/aromatic N) is 5. The van der Waals surface area contributed by atoms with Crippen LogP contribution in [-0.2, 0) is 20.0 Å². The number of hydrogen-bond acceptors (Lipinski definition) is 5. The van der Waals surface area contributed by atoms with Crippen molar-refractivity contribution >= 4 is 27.6 Å². The molecule has 1 fully saturated rings. The first-order chi connectivity index (χ1) is 14.6. The lowest BCUT2D eigenvalue weighted by Gasteiger charge is -2.36. The van der Waals surface area contributed by atoms with E-state index in [1.54, 1.807) is 0 Å². The molecule has 1 aromatic carbocycles. The molecule has 154 valence electrons. The fraction of sp³-hybridized carbons (Fsp3) is 0.348. The molecule has 5 rings (SSSR count). The van der Waals surface area contributed by atoms with Crippen molar-refractivity contribution < 1.29 is 0 Å². The van der Waals surface area contributed by atoms with E-state index >= 15 is 0 Å². The molecule has 7 heteroatoms. The Kier molecular flexibility index (Phi) is 4.75. The van der Waals surface area contributed by atoms with Crippen molar-refractivity contribution in [2.24, 2.45) is 7.05 Å². The Morgan fingerprint density at radius 2 is 1.90 bits per heavy atom. The van der Waals surface area contributed by atoms with Gasteiger partial charge in [0.15, 0.2) is 0 Å². The molecule has 1 aliphatic rings. The van der Waals surface area contributed by atoms with Gasteiger partial charge < -0.3 is 9.88 Å². The molecule has 0 amide bonds. The number of aryl methyl sites for hydroxylation is 2. The number of rotatable bonds is 4. The predicted molar refractivity (Wildman–Crippen MR) is 120 cm³/mol. The lowest BCUT2D eigenvalue weighted by Crippen LogP contribution is -2.46. The van der Waals surface area contributed by atoms with Gasteiger partial charge in [-0.05, 0) is 42.3 Å². The highest BCUT2D eigenvalue weighted by Crippen LogP contribution is 2.23. The second-order valence-electron chi connectivity index (χ2n) is 8.03. The van der Waals surface area contributed by atoms with Crippen molar-refractivity contribution in [2.75, 3.05) is 31.1 Å². The van der Waals surface area contributed by atoms with E-state index in [-0.39, 0.29) is 5.56 Å². The van der Waals surface area contributed by atoms with Crippen LogP contribution in [0.2, 0.25) is 0 Å². The van der Waals surface area contributed by atoms with E-state index in [1.165, 1.54) is 11.1 Å². The van der Waals surface area contributed by atoms with Gasteiger partial charge in [0, 0.05) is 62.6 Å². The Labute approximate surface area is 174 Å². The molecular weight excluding hydrogens is 376 g/mol. The average molecular weight is 403 g/mol. The molecule has 3 aromatic heterocycles. The minimum absolute atomic E-state index is 0.0112. The van der Waals surface area contributed by atoms with Gasteiger partial charge in [0.05, 0.1) is 22.7 Å². The molecule has 1 N–H and O–H groups in total. The average Bonchev–Trinajstić information content (AvgIpc) is 3.14. The van der Waals surface area contributed by atoms with E-state index in [2.05, 4.69) is 49.1 Å². The zero-order chi connectivity index (χ0) is 20.7. The van der Waals surface area contributed by atoms with Crippen molar-refractivity contribution in [3.05, 3.63) is 64.2 Å². The Morgan fingerprint density at radius 3 is 2.70 bits per heavy atom. The van der Waals surface area contributed by atoms with Crippen molar-refractivity contribution in [3.8, 4) is 0 Å². The molecule has 0 aliphatic carbocycles.